The lowest BCUT2D eigenvalue weighted by Crippen LogP contribution is -2.17. The van der Waals surface area contributed by atoms with Gasteiger partial charge in [-0.1, -0.05) is 41.4 Å². The van der Waals surface area contributed by atoms with E-state index >= 15 is 0 Å². The van der Waals surface area contributed by atoms with Crippen molar-refractivity contribution in [3.63, 3.8) is 0 Å². The predicted octanol–water partition coefficient (Wildman–Crippen LogP) is 4.29. The molecule has 0 aliphatic heterocycles. The molecule has 0 aromatic heterocycles. The minimum atomic E-state index is -0.00753. The highest BCUT2D eigenvalue weighted by atomic mass is 35.5. The maximum absolute atomic E-state index is 12.2. The maximum Gasteiger partial charge on any atom is 0.224 e. The first-order valence-electron chi connectivity index (χ1n) is 7.28. The first-order valence-corrected chi connectivity index (χ1v) is 7.66. The number of amides is 1. The molecule has 116 valence electrons. The molecule has 0 aliphatic carbocycles. The van der Waals surface area contributed by atoms with Crippen molar-refractivity contribution in [2.24, 2.45) is 0 Å². The van der Waals surface area contributed by atoms with Crippen LogP contribution in [0, 0.1) is 6.92 Å². The van der Waals surface area contributed by atoms with Crippen LogP contribution in [0.2, 0.25) is 5.02 Å². The van der Waals surface area contributed by atoms with Crippen LogP contribution in [0.3, 0.4) is 0 Å². The van der Waals surface area contributed by atoms with Crippen molar-refractivity contribution in [3.05, 3.63) is 58.6 Å². The third kappa shape index (κ3) is 4.50. The largest absolute Gasteiger partial charge is 0.376 e. The molecule has 0 unspecified atom stereocenters. The van der Waals surface area contributed by atoms with Crippen LogP contribution >= 0.6 is 11.6 Å². The van der Waals surface area contributed by atoms with Crippen molar-refractivity contribution >= 4 is 28.9 Å². The second-order valence-electron chi connectivity index (χ2n) is 5.59. The summed E-state index contributed by atoms with van der Waals surface area (Å²) in [6.07, 6.45) is 1.17. The molecule has 2 aromatic rings. The third-order valence-electron chi connectivity index (χ3n) is 3.44. The molecule has 2 rings (SSSR count). The second-order valence-corrected chi connectivity index (χ2v) is 6.03. The summed E-state index contributed by atoms with van der Waals surface area (Å²) < 4.78 is 0. The summed E-state index contributed by atoms with van der Waals surface area (Å²) in [6.45, 7) is 2.05. The molecular formula is C18H21ClN2O. The van der Waals surface area contributed by atoms with Crippen LogP contribution in [0.4, 0.5) is 11.4 Å². The lowest BCUT2D eigenvalue weighted by atomic mass is 10.1. The van der Waals surface area contributed by atoms with E-state index in [9.17, 15) is 4.79 Å². The molecular weight excluding hydrogens is 296 g/mol. The molecule has 3 nitrogen and oxygen atoms in total. The Bertz CT molecular complexity index is 668. The lowest BCUT2D eigenvalue weighted by molar-refractivity contribution is -0.116. The minimum absolute atomic E-state index is 0.00753. The van der Waals surface area contributed by atoms with Crippen LogP contribution in [0.5, 0.6) is 0 Å². The van der Waals surface area contributed by atoms with Gasteiger partial charge < -0.3 is 10.2 Å². The van der Waals surface area contributed by atoms with E-state index in [1.807, 2.05) is 43.3 Å². The number of nitrogens with one attached hydrogen (secondary N) is 1. The zero-order valence-electron chi connectivity index (χ0n) is 13.2. The molecule has 22 heavy (non-hydrogen) atoms. The van der Waals surface area contributed by atoms with Gasteiger partial charge >= 0.3 is 0 Å². The molecule has 1 N–H and O–H groups in total. The van der Waals surface area contributed by atoms with E-state index in [4.69, 9.17) is 11.6 Å². The Labute approximate surface area is 136 Å². The third-order valence-corrected chi connectivity index (χ3v) is 3.67. The molecule has 0 bridgehead atoms. The number of rotatable bonds is 5. The normalized spacial score (nSPS) is 10.4. The van der Waals surface area contributed by atoms with Gasteiger partial charge in [0, 0.05) is 25.5 Å². The fourth-order valence-electron chi connectivity index (χ4n) is 2.34. The Morgan fingerprint density at radius 2 is 1.95 bits per heavy atom. The zero-order chi connectivity index (χ0) is 16.1. The van der Waals surface area contributed by atoms with Crippen molar-refractivity contribution in [2.45, 2.75) is 19.8 Å². The molecule has 1 amide bonds. The first-order chi connectivity index (χ1) is 10.5. The summed E-state index contributed by atoms with van der Waals surface area (Å²) in [5.74, 6) is -0.00753. The number of carbonyl (C=O) groups is 1. The van der Waals surface area contributed by atoms with Crippen LogP contribution in [0.15, 0.2) is 42.5 Å². The highest BCUT2D eigenvalue weighted by Crippen LogP contribution is 2.28. The lowest BCUT2D eigenvalue weighted by Gasteiger charge is -2.18. The van der Waals surface area contributed by atoms with Gasteiger partial charge in [0.15, 0.2) is 0 Å². The number of hydrogen-bond acceptors (Lipinski definition) is 2. The smallest absolute Gasteiger partial charge is 0.224 e. The standard InChI is InChI=1S/C18H21ClN2O/c1-13-5-4-6-14(11-13)7-10-18(22)20-16-12-15(19)8-9-17(16)21(2)3/h4-6,8-9,11-12H,7,10H2,1-3H3,(H,20,22). The van der Waals surface area contributed by atoms with Crippen LogP contribution in [0.1, 0.15) is 17.5 Å². The number of anilines is 2. The SMILES string of the molecule is Cc1cccc(CCC(=O)Nc2cc(Cl)ccc2N(C)C)c1. The average Bonchev–Trinajstić information content (AvgIpc) is 2.45. The monoisotopic (exact) mass is 316 g/mol. The van der Waals surface area contributed by atoms with Crippen molar-refractivity contribution < 1.29 is 4.79 Å². The molecule has 0 radical (unpaired) electrons. The van der Waals surface area contributed by atoms with Crippen molar-refractivity contribution in [3.8, 4) is 0 Å². The van der Waals surface area contributed by atoms with E-state index < -0.39 is 0 Å². The number of nitrogens with zero attached hydrogens (tertiary/aromatic N) is 1. The molecule has 0 fully saturated rings. The highest BCUT2D eigenvalue weighted by molar-refractivity contribution is 6.31. The molecule has 2 aromatic carbocycles. The van der Waals surface area contributed by atoms with E-state index in [1.54, 1.807) is 6.07 Å². The number of aryl methyl sites for hydroxylation is 2. The number of halogens is 1. The Morgan fingerprint density at radius 3 is 2.64 bits per heavy atom. The van der Waals surface area contributed by atoms with Gasteiger partial charge in [-0.05, 0) is 37.1 Å². The number of benzene rings is 2. The fourth-order valence-corrected chi connectivity index (χ4v) is 2.51. The van der Waals surface area contributed by atoms with Gasteiger partial charge in [-0.25, -0.2) is 0 Å². The molecule has 0 atom stereocenters. The Hall–Kier alpha value is -2.00. The molecule has 0 aliphatic rings. The highest BCUT2D eigenvalue weighted by Gasteiger charge is 2.09. The van der Waals surface area contributed by atoms with E-state index in [-0.39, 0.29) is 5.91 Å². The Kier molecular flexibility index (Phi) is 5.45. The van der Waals surface area contributed by atoms with Crippen molar-refractivity contribution in [1.29, 1.82) is 0 Å². The van der Waals surface area contributed by atoms with Crippen LogP contribution < -0.4 is 10.2 Å². The zero-order valence-corrected chi connectivity index (χ0v) is 13.9. The van der Waals surface area contributed by atoms with E-state index in [0.717, 1.165) is 17.8 Å². The maximum atomic E-state index is 12.2. The average molecular weight is 317 g/mol. The molecule has 4 heteroatoms. The van der Waals surface area contributed by atoms with E-state index in [1.165, 1.54) is 11.1 Å². The Balaban J connectivity index is 2.01. The summed E-state index contributed by atoms with van der Waals surface area (Å²) in [6, 6.07) is 13.7. The topological polar surface area (TPSA) is 32.3 Å². The van der Waals surface area contributed by atoms with Gasteiger partial charge in [-0.15, -0.1) is 0 Å². The summed E-state index contributed by atoms with van der Waals surface area (Å²) in [7, 11) is 3.87. The van der Waals surface area contributed by atoms with Gasteiger partial charge in [0.25, 0.3) is 0 Å². The van der Waals surface area contributed by atoms with Gasteiger partial charge in [0.2, 0.25) is 5.91 Å². The van der Waals surface area contributed by atoms with Crippen LogP contribution in [-0.2, 0) is 11.2 Å². The predicted molar refractivity (Wildman–Crippen MR) is 93.9 cm³/mol. The number of carbonyl (C=O) groups excluding carboxylic acids is 1. The van der Waals surface area contributed by atoms with Gasteiger partial charge in [0.1, 0.15) is 0 Å². The molecule has 0 saturated carbocycles. The molecule has 0 heterocycles. The summed E-state index contributed by atoms with van der Waals surface area (Å²) >= 11 is 6.03. The van der Waals surface area contributed by atoms with E-state index in [2.05, 4.69) is 24.4 Å². The van der Waals surface area contributed by atoms with Gasteiger partial charge in [-0.2, -0.15) is 0 Å². The van der Waals surface area contributed by atoms with E-state index in [0.29, 0.717) is 11.4 Å². The first kappa shape index (κ1) is 16.4. The van der Waals surface area contributed by atoms with Crippen LogP contribution in [-0.4, -0.2) is 20.0 Å². The molecule has 0 spiro atoms. The van der Waals surface area contributed by atoms with Crippen molar-refractivity contribution in [1.82, 2.24) is 0 Å². The van der Waals surface area contributed by atoms with Gasteiger partial charge in [0.05, 0.1) is 11.4 Å². The fraction of sp³-hybridized carbons (Fsp3) is 0.278. The summed E-state index contributed by atoms with van der Waals surface area (Å²) in [5, 5.41) is 3.56. The second kappa shape index (κ2) is 7.32. The van der Waals surface area contributed by atoms with Crippen LogP contribution in [0.25, 0.3) is 0 Å². The van der Waals surface area contributed by atoms with Crippen molar-refractivity contribution in [2.75, 3.05) is 24.3 Å². The molecule has 0 saturated heterocycles. The quantitative estimate of drug-likeness (QED) is 0.892. The summed E-state index contributed by atoms with van der Waals surface area (Å²) in [4.78, 5) is 14.1. The summed E-state index contributed by atoms with van der Waals surface area (Å²) in [5.41, 5.74) is 4.07. The minimum Gasteiger partial charge on any atom is -0.376 e. The number of hydrogen-bond donors (Lipinski definition) is 1. The van der Waals surface area contributed by atoms with Gasteiger partial charge in [-0.3, -0.25) is 4.79 Å². The Morgan fingerprint density at radius 1 is 1.18 bits per heavy atom.